The summed E-state index contributed by atoms with van der Waals surface area (Å²) in [4.78, 5) is 19.3. The number of nitrogens with one attached hydrogen (secondary N) is 1. The fourth-order valence-corrected chi connectivity index (χ4v) is 3.15. The Bertz CT molecular complexity index is 567. The molecule has 2 aromatic rings. The highest BCUT2D eigenvalue weighted by Crippen LogP contribution is 2.23. The van der Waals surface area contributed by atoms with Gasteiger partial charge in [-0.25, -0.2) is 4.79 Å². The molecular formula is C14H15N3OS. The number of nitrogens with zero attached hydrogens (tertiary/aromatic N) is 2. The summed E-state index contributed by atoms with van der Waals surface area (Å²) in [6.07, 6.45) is 4.46. The van der Waals surface area contributed by atoms with E-state index in [1.807, 2.05) is 17.0 Å². The van der Waals surface area contributed by atoms with E-state index in [2.05, 4.69) is 21.7 Å². The zero-order valence-corrected chi connectivity index (χ0v) is 11.3. The van der Waals surface area contributed by atoms with Crippen molar-refractivity contribution >= 4 is 17.4 Å². The number of urea groups is 1. The van der Waals surface area contributed by atoms with Crippen molar-refractivity contribution < 1.29 is 4.79 Å². The second-order valence-electron chi connectivity index (χ2n) is 4.56. The number of hydrogen-bond acceptors (Lipinski definition) is 3. The fourth-order valence-electron chi connectivity index (χ4n) is 2.20. The standard InChI is InChI=1S/C14H15N3OS/c18-14(16-9-11-2-1-5-15-8-11)17-6-3-12-4-7-19-13(12)10-17/h1-2,4-5,7-8H,3,6,9-10H2,(H,16,18). The SMILES string of the molecule is O=C(NCc1cccnc1)N1CCc2ccsc2C1. The molecule has 1 aliphatic heterocycles. The van der Waals surface area contributed by atoms with Gasteiger partial charge < -0.3 is 10.2 Å². The van der Waals surface area contributed by atoms with Gasteiger partial charge in [-0.1, -0.05) is 6.07 Å². The minimum Gasteiger partial charge on any atom is -0.334 e. The van der Waals surface area contributed by atoms with Crippen LogP contribution in [0, 0.1) is 0 Å². The molecular weight excluding hydrogens is 258 g/mol. The van der Waals surface area contributed by atoms with Gasteiger partial charge in [0.15, 0.2) is 0 Å². The first-order valence-electron chi connectivity index (χ1n) is 6.30. The molecule has 2 aromatic heterocycles. The van der Waals surface area contributed by atoms with Crippen molar-refractivity contribution in [3.05, 3.63) is 52.0 Å². The summed E-state index contributed by atoms with van der Waals surface area (Å²) in [6.45, 7) is 2.05. The lowest BCUT2D eigenvalue weighted by molar-refractivity contribution is 0.192. The van der Waals surface area contributed by atoms with E-state index in [0.29, 0.717) is 6.54 Å². The Morgan fingerprint density at radius 2 is 2.42 bits per heavy atom. The van der Waals surface area contributed by atoms with Crippen molar-refractivity contribution in [2.24, 2.45) is 0 Å². The van der Waals surface area contributed by atoms with Crippen LogP contribution in [0.5, 0.6) is 0 Å². The molecule has 0 saturated heterocycles. The highest BCUT2D eigenvalue weighted by atomic mass is 32.1. The molecule has 3 heterocycles. The Morgan fingerprint density at radius 1 is 1.47 bits per heavy atom. The smallest absolute Gasteiger partial charge is 0.318 e. The van der Waals surface area contributed by atoms with E-state index >= 15 is 0 Å². The molecule has 0 aromatic carbocycles. The summed E-state index contributed by atoms with van der Waals surface area (Å²) in [6, 6.07) is 5.99. The monoisotopic (exact) mass is 273 g/mol. The first kappa shape index (κ1) is 12.2. The average molecular weight is 273 g/mol. The van der Waals surface area contributed by atoms with Gasteiger partial charge in [0.1, 0.15) is 0 Å². The number of rotatable bonds is 2. The number of aromatic nitrogens is 1. The van der Waals surface area contributed by atoms with Crippen molar-refractivity contribution in [1.29, 1.82) is 0 Å². The van der Waals surface area contributed by atoms with Crippen LogP contribution in [0.15, 0.2) is 36.0 Å². The summed E-state index contributed by atoms with van der Waals surface area (Å²) < 4.78 is 0. The number of amides is 2. The van der Waals surface area contributed by atoms with Gasteiger partial charge in [-0.05, 0) is 35.1 Å². The van der Waals surface area contributed by atoms with Crippen LogP contribution in [-0.4, -0.2) is 22.5 Å². The molecule has 0 radical (unpaired) electrons. The quantitative estimate of drug-likeness (QED) is 0.913. The Kier molecular flexibility index (Phi) is 3.46. The van der Waals surface area contributed by atoms with Gasteiger partial charge in [0, 0.05) is 30.4 Å². The molecule has 0 unspecified atom stereocenters. The molecule has 3 rings (SSSR count). The van der Waals surface area contributed by atoms with Crippen molar-refractivity contribution in [3.8, 4) is 0 Å². The third-order valence-electron chi connectivity index (χ3n) is 3.28. The van der Waals surface area contributed by atoms with Crippen LogP contribution in [0.3, 0.4) is 0 Å². The first-order chi connectivity index (χ1) is 9.33. The average Bonchev–Trinajstić information content (AvgIpc) is 2.93. The van der Waals surface area contributed by atoms with Gasteiger partial charge >= 0.3 is 6.03 Å². The van der Waals surface area contributed by atoms with Gasteiger partial charge in [0.25, 0.3) is 0 Å². The molecule has 1 aliphatic rings. The van der Waals surface area contributed by atoms with E-state index in [-0.39, 0.29) is 6.03 Å². The number of carbonyl (C=O) groups is 1. The largest absolute Gasteiger partial charge is 0.334 e. The number of fused-ring (bicyclic) bond motifs is 1. The molecule has 2 amide bonds. The molecule has 5 heteroatoms. The minimum atomic E-state index is 0.00269. The highest BCUT2D eigenvalue weighted by molar-refractivity contribution is 7.10. The summed E-state index contributed by atoms with van der Waals surface area (Å²) in [5.41, 5.74) is 2.41. The third-order valence-corrected chi connectivity index (χ3v) is 4.22. The van der Waals surface area contributed by atoms with Crippen molar-refractivity contribution in [3.63, 3.8) is 0 Å². The van der Waals surface area contributed by atoms with Crippen LogP contribution < -0.4 is 5.32 Å². The molecule has 0 bridgehead atoms. The molecule has 0 saturated carbocycles. The van der Waals surface area contributed by atoms with Crippen molar-refractivity contribution in [2.75, 3.05) is 6.54 Å². The molecule has 0 fully saturated rings. The summed E-state index contributed by atoms with van der Waals surface area (Å²) >= 11 is 1.73. The second-order valence-corrected chi connectivity index (χ2v) is 5.56. The number of thiophene rings is 1. The molecule has 0 spiro atoms. The number of hydrogen-bond donors (Lipinski definition) is 1. The Balaban J connectivity index is 1.57. The Labute approximate surface area is 116 Å². The normalized spacial score (nSPS) is 14.0. The lowest BCUT2D eigenvalue weighted by atomic mass is 10.1. The van der Waals surface area contributed by atoms with E-state index < -0.39 is 0 Å². The molecule has 19 heavy (non-hydrogen) atoms. The van der Waals surface area contributed by atoms with Crippen LogP contribution in [0.25, 0.3) is 0 Å². The predicted octanol–water partition coefficient (Wildman–Crippen LogP) is 2.41. The fraction of sp³-hybridized carbons (Fsp3) is 0.286. The molecule has 98 valence electrons. The van der Waals surface area contributed by atoms with Crippen molar-refractivity contribution in [2.45, 2.75) is 19.5 Å². The van der Waals surface area contributed by atoms with E-state index in [4.69, 9.17) is 0 Å². The predicted molar refractivity (Wildman–Crippen MR) is 74.9 cm³/mol. The molecule has 4 nitrogen and oxygen atoms in total. The lowest BCUT2D eigenvalue weighted by Crippen LogP contribution is -2.42. The van der Waals surface area contributed by atoms with Crippen LogP contribution in [0.2, 0.25) is 0 Å². The summed E-state index contributed by atoms with van der Waals surface area (Å²) in [5.74, 6) is 0. The maximum absolute atomic E-state index is 12.1. The van der Waals surface area contributed by atoms with Gasteiger partial charge in [-0.3, -0.25) is 4.98 Å². The van der Waals surface area contributed by atoms with Crippen molar-refractivity contribution in [1.82, 2.24) is 15.2 Å². The van der Waals surface area contributed by atoms with Crippen LogP contribution in [0.1, 0.15) is 16.0 Å². The summed E-state index contributed by atoms with van der Waals surface area (Å²) in [5, 5.41) is 5.04. The van der Waals surface area contributed by atoms with Gasteiger partial charge in [0.2, 0.25) is 0 Å². The maximum atomic E-state index is 12.1. The summed E-state index contributed by atoms with van der Waals surface area (Å²) in [7, 11) is 0. The van der Waals surface area contributed by atoms with E-state index in [0.717, 1.165) is 25.1 Å². The lowest BCUT2D eigenvalue weighted by Gasteiger charge is -2.27. The minimum absolute atomic E-state index is 0.00269. The molecule has 0 atom stereocenters. The Hall–Kier alpha value is -1.88. The van der Waals surface area contributed by atoms with E-state index in [9.17, 15) is 4.79 Å². The molecule has 1 N–H and O–H groups in total. The van der Waals surface area contributed by atoms with Crippen LogP contribution in [-0.2, 0) is 19.5 Å². The van der Waals surface area contributed by atoms with Gasteiger partial charge in [-0.2, -0.15) is 0 Å². The van der Waals surface area contributed by atoms with Gasteiger partial charge in [0.05, 0.1) is 6.54 Å². The number of carbonyl (C=O) groups excluding carboxylic acids is 1. The number of pyridine rings is 1. The zero-order valence-electron chi connectivity index (χ0n) is 10.5. The maximum Gasteiger partial charge on any atom is 0.318 e. The third kappa shape index (κ3) is 2.76. The second kappa shape index (κ2) is 5.40. The molecule has 0 aliphatic carbocycles. The van der Waals surface area contributed by atoms with E-state index in [1.54, 1.807) is 23.7 Å². The first-order valence-corrected chi connectivity index (χ1v) is 7.18. The van der Waals surface area contributed by atoms with Gasteiger partial charge in [-0.15, -0.1) is 11.3 Å². The van der Waals surface area contributed by atoms with E-state index in [1.165, 1.54) is 10.4 Å². The van der Waals surface area contributed by atoms with Crippen LogP contribution >= 0.6 is 11.3 Å². The van der Waals surface area contributed by atoms with Crippen LogP contribution in [0.4, 0.5) is 4.79 Å². The highest BCUT2D eigenvalue weighted by Gasteiger charge is 2.20. The Morgan fingerprint density at radius 3 is 3.26 bits per heavy atom. The zero-order chi connectivity index (χ0) is 13.1. The topological polar surface area (TPSA) is 45.2 Å².